The Labute approximate surface area is 48.2 Å². The van der Waals surface area contributed by atoms with E-state index in [1.54, 1.807) is 11.8 Å². The number of hydrogen-bond acceptors (Lipinski definition) is 4. The Hall–Kier alpha value is -0.0300. The Morgan fingerprint density at radius 2 is 1.14 bits per heavy atom. The monoisotopic (exact) mass is 142 g/mol. The van der Waals surface area contributed by atoms with E-state index in [0.29, 0.717) is 0 Å². The molecule has 0 spiro atoms. The van der Waals surface area contributed by atoms with E-state index >= 15 is 0 Å². The van der Waals surface area contributed by atoms with E-state index in [0.717, 1.165) is 0 Å². The molecular weight excluding hydrogens is 136 g/mol. The molecule has 0 rings (SSSR count). The zero-order valence-corrected chi connectivity index (χ0v) is 5.67. The zero-order chi connectivity index (χ0) is 6.28. The minimum absolute atomic E-state index is 1.75. The Morgan fingerprint density at radius 1 is 1.14 bits per heavy atom. The molecule has 0 aromatic carbocycles. The summed E-state index contributed by atoms with van der Waals surface area (Å²) in [6.07, 6.45) is 4.08. The largest absolute Gasteiger partial charge is 0.425 e. The van der Waals surface area contributed by atoms with Crippen LogP contribution in [0, 0.1) is 0 Å². The predicted octanol–water partition coefficient (Wildman–Crippen LogP) is -0.0249. The molecule has 0 heterocycles. The van der Waals surface area contributed by atoms with Gasteiger partial charge in [-0.2, -0.15) is 11.8 Å². The third-order valence-electron chi connectivity index (χ3n) is 0. The highest BCUT2D eigenvalue weighted by Crippen LogP contribution is 1.70. The molecular formula is C2H6O3S2. The number of hydrogen-bond donors (Lipinski definition) is 0. The Morgan fingerprint density at radius 3 is 1.14 bits per heavy atom. The quantitative estimate of drug-likeness (QED) is 0.477. The number of rotatable bonds is 0. The molecule has 0 aliphatic carbocycles. The Balaban J connectivity index is 0. The molecule has 0 N–H and O–H groups in total. The molecule has 0 aliphatic rings. The van der Waals surface area contributed by atoms with E-state index in [-0.39, 0.29) is 0 Å². The van der Waals surface area contributed by atoms with Crippen molar-refractivity contribution < 1.29 is 12.6 Å². The molecule has 0 aromatic rings. The van der Waals surface area contributed by atoms with Crippen molar-refractivity contribution in [3.63, 3.8) is 0 Å². The van der Waals surface area contributed by atoms with Crippen LogP contribution in [0.15, 0.2) is 0 Å². The van der Waals surface area contributed by atoms with Gasteiger partial charge in [-0.15, -0.1) is 12.6 Å². The first-order valence-corrected chi connectivity index (χ1v) is 3.95. The summed E-state index contributed by atoms with van der Waals surface area (Å²) in [7, 11) is -3.11. The summed E-state index contributed by atoms with van der Waals surface area (Å²) < 4.78 is 25.3. The van der Waals surface area contributed by atoms with E-state index in [9.17, 15) is 0 Å². The maximum absolute atomic E-state index is 8.44. The standard InChI is InChI=1S/C2H6S.O3S/c1-3-2;1-4(2)3/h1-2H3;. The molecule has 0 aliphatic heterocycles. The third kappa shape index (κ3) is 105000. The summed E-state index contributed by atoms with van der Waals surface area (Å²) >= 11 is 1.75. The van der Waals surface area contributed by atoms with Crippen molar-refractivity contribution in [2.75, 3.05) is 12.5 Å². The molecule has 0 saturated carbocycles. The average molecular weight is 142 g/mol. The molecule has 0 radical (unpaired) electrons. The van der Waals surface area contributed by atoms with E-state index in [4.69, 9.17) is 12.6 Å². The van der Waals surface area contributed by atoms with Crippen LogP contribution in [0.1, 0.15) is 0 Å². The van der Waals surface area contributed by atoms with Crippen LogP contribution in [0.3, 0.4) is 0 Å². The molecule has 0 fully saturated rings. The highest BCUT2D eigenvalue weighted by molar-refractivity contribution is 7.97. The van der Waals surface area contributed by atoms with E-state index in [1.807, 2.05) is 12.5 Å². The van der Waals surface area contributed by atoms with Gasteiger partial charge < -0.3 is 0 Å². The molecule has 0 bridgehead atoms. The van der Waals surface area contributed by atoms with Crippen LogP contribution in [-0.2, 0) is 10.6 Å². The van der Waals surface area contributed by atoms with Crippen LogP contribution < -0.4 is 0 Å². The maximum Gasteiger partial charge on any atom is 0.425 e. The van der Waals surface area contributed by atoms with Crippen molar-refractivity contribution in [1.29, 1.82) is 0 Å². The van der Waals surface area contributed by atoms with Gasteiger partial charge >= 0.3 is 10.6 Å². The molecule has 7 heavy (non-hydrogen) atoms. The average Bonchev–Trinajstić information content (AvgIpc) is 1.33. The smallest absolute Gasteiger partial charge is 0.169 e. The lowest BCUT2D eigenvalue weighted by Crippen LogP contribution is -1.40. The summed E-state index contributed by atoms with van der Waals surface area (Å²) in [6.45, 7) is 0. The SMILES string of the molecule is CSC.O=S(=O)=O. The maximum atomic E-state index is 8.44. The van der Waals surface area contributed by atoms with Crippen LogP contribution in [0.25, 0.3) is 0 Å². The lowest BCUT2D eigenvalue weighted by atomic mass is 11.9. The van der Waals surface area contributed by atoms with E-state index < -0.39 is 10.6 Å². The van der Waals surface area contributed by atoms with Crippen LogP contribution in [-0.4, -0.2) is 25.1 Å². The minimum atomic E-state index is -3.11. The molecule has 44 valence electrons. The first-order chi connectivity index (χ1) is 3.15. The van der Waals surface area contributed by atoms with Gasteiger partial charge in [-0.3, -0.25) is 0 Å². The first-order valence-electron chi connectivity index (χ1n) is 1.32. The van der Waals surface area contributed by atoms with Gasteiger partial charge in [0, 0.05) is 0 Å². The second kappa shape index (κ2) is 9.36. The van der Waals surface area contributed by atoms with Crippen molar-refractivity contribution >= 4 is 22.4 Å². The van der Waals surface area contributed by atoms with Crippen molar-refractivity contribution in [1.82, 2.24) is 0 Å². The number of thioether (sulfide) groups is 1. The molecule has 0 saturated heterocycles. The summed E-state index contributed by atoms with van der Waals surface area (Å²) in [5, 5.41) is 0. The van der Waals surface area contributed by atoms with Crippen LogP contribution in [0.2, 0.25) is 0 Å². The summed E-state index contributed by atoms with van der Waals surface area (Å²) in [4.78, 5) is 0. The molecule has 0 amide bonds. The molecule has 0 atom stereocenters. The van der Waals surface area contributed by atoms with Crippen LogP contribution in [0.5, 0.6) is 0 Å². The third-order valence-corrected chi connectivity index (χ3v) is 0. The van der Waals surface area contributed by atoms with Crippen molar-refractivity contribution in [2.24, 2.45) is 0 Å². The van der Waals surface area contributed by atoms with Crippen molar-refractivity contribution in [3.05, 3.63) is 0 Å². The molecule has 0 aromatic heterocycles. The summed E-state index contributed by atoms with van der Waals surface area (Å²) in [6, 6.07) is 0. The van der Waals surface area contributed by atoms with Gasteiger partial charge in [0.1, 0.15) is 0 Å². The summed E-state index contributed by atoms with van der Waals surface area (Å²) in [5.74, 6) is 0. The second-order valence-corrected chi connectivity index (χ2v) is 1.84. The molecule has 3 nitrogen and oxygen atoms in total. The minimum Gasteiger partial charge on any atom is -0.169 e. The lowest BCUT2D eigenvalue weighted by molar-refractivity contribution is 0.559. The summed E-state index contributed by atoms with van der Waals surface area (Å²) in [5.41, 5.74) is 0. The molecule has 5 heteroatoms. The van der Waals surface area contributed by atoms with Gasteiger partial charge in [0.05, 0.1) is 0 Å². The van der Waals surface area contributed by atoms with Crippen LogP contribution >= 0.6 is 11.8 Å². The lowest BCUT2D eigenvalue weighted by Gasteiger charge is -1.51. The van der Waals surface area contributed by atoms with Crippen molar-refractivity contribution in [3.8, 4) is 0 Å². The first kappa shape index (κ1) is 10.1. The van der Waals surface area contributed by atoms with Gasteiger partial charge in [0.25, 0.3) is 0 Å². The van der Waals surface area contributed by atoms with E-state index in [2.05, 4.69) is 0 Å². The fourth-order valence-electron chi connectivity index (χ4n) is 0. The van der Waals surface area contributed by atoms with E-state index in [1.165, 1.54) is 0 Å². The van der Waals surface area contributed by atoms with Gasteiger partial charge in [-0.05, 0) is 12.5 Å². The normalized spacial score (nSPS) is 6.00. The van der Waals surface area contributed by atoms with Gasteiger partial charge in [0.2, 0.25) is 0 Å². The molecule has 0 unspecified atom stereocenters. The predicted molar refractivity (Wildman–Crippen MR) is 29.1 cm³/mol. The highest BCUT2D eigenvalue weighted by atomic mass is 32.2. The highest BCUT2D eigenvalue weighted by Gasteiger charge is 1.40. The zero-order valence-electron chi connectivity index (χ0n) is 4.04. The Bertz CT molecular complexity index is 91.1. The van der Waals surface area contributed by atoms with Gasteiger partial charge in [0.15, 0.2) is 0 Å². The van der Waals surface area contributed by atoms with Crippen LogP contribution in [0.4, 0.5) is 0 Å². The Kier molecular flexibility index (Phi) is 13.4. The fourth-order valence-corrected chi connectivity index (χ4v) is 0. The fraction of sp³-hybridized carbons (Fsp3) is 1.00. The van der Waals surface area contributed by atoms with Gasteiger partial charge in [-0.1, -0.05) is 0 Å². The second-order valence-electron chi connectivity index (χ2n) is 0.612. The topological polar surface area (TPSA) is 51.2 Å². The van der Waals surface area contributed by atoms with Crippen molar-refractivity contribution in [2.45, 2.75) is 0 Å². The van der Waals surface area contributed by atoms with Gasteiger partial charge in [-0.25, -0.2) is 0 Å².